The smallest absolute Gasteiger partial charge is 0.233 e. The molecule has 5 nitrogen and oxygen atoms in total. The molecule has 0 rings (SSSR count). The summed E-state index contributed by atoms with van der Waals surface area (Å²) in [7, 11) is 1.64. The van der Waals surface area contributed by atoms with Crippen LogP contribution in [-0.4, -0.2) is 52.5 Å². The van der Waals surface area contributed by atoms with E-state index in [9.17, 15) is 4.79 Å². The molecule has 15 heavy (non-hydrogen) atoms. The first-order valence-corrected chi connectivity index (χ1v) is 5.35. The predicted octanol–water partition coefficient (Wildman–Crippen LogP) is -0.235. The molecule has 2 N–H and O–H groups in total. The molecule has 0 aliphatic carbocycles. The Kier molecular flexibility index (Phi) is 10.9. The highest BCUT2D eigenvalue weighted by molar-refractivity contribution is 5.77. The summed E-state index contributed by atoms with van der Waals surface area (Å²) < 4.78 is 10.0. The SMILES string of the molecule is CCCNC(=O)CNCCOCCOC. The Morgan fingerprint density at radius 3 is 2.67 bits per heavy atom. The van der Waals surface area contributed by atoms with E-state index >= 15 is 0 Å². The van der Waals surface area contributed by atoms with Gasteiger partial charge in [0.25, 0.3) is 0 Å². The number of amides is 1. The van der Waals surface area contributed by atoms with Crippen molar-refractivity contribution in [3.8, 4) is 0 Å². The van der Waals surface area contributed by atoms with E-state index in [1.165, 1.54) is 0 Å². The highest BCUT2D eigenvalue weighted by Crippen LogP contribution is 1.75. The van der Waals surface area contributed by atoms with Gasteiger partial charge in [0.15, 0.2) is 0 Å². The van der Waals surface area contributed by atoms with Gasteiger partial charge in [0, 0.05) is 20.2 Å². The normalized spacial score (nSPS) is 10.3. The minimum Gasteiger partial charge on any atom is -0.382 e. The molecule has 0 bridgehead atoms. The lowest BCUT2D eigenvalue weighted by molar-refractivity contribution is -0.120. The molecular weight excluding hydrogens is 196 g/mol. The van der Waals surface area contributed by atoms with Gasteiger partial charge >= 0.3 is 0 Å². The van der Waals surface area contributed by atoms with Crippen LogP contribution in [0.2, 0.25) is 0 Å². The maximum Gasteiger partial charge on any atom is 0.233 e. The Labute approximate surface area is 91.5 Å². The highest BCUT2D eigenvalue weighted by Gasteiger charge is 1.97. The molecule has 0 fully saturated rings. The van der Waals surface area contributed by atoms with E-state index in [1.807, 2.05) is 6.92 Å². The second-order valence-corrected chi connectivity index (χ2v) is 3.13. The number of rotatable bonds is 10. The van der Waals surface area contributed by atoms with E-state index in [-0.39, 0.29) is 5.91 Å². The van der Waals surface area contributed by atoms with Gasteiger partial charge in [-0.25, -0.2) is 0 Å². The standard InChI is InChI=1S/C10H22N2O3/c1-3-4-12-10(13)9-11-5-6-15-8-7-14-2/h11H,3-9H2,1-2H3,(H,12,13). The zero-order valence-corrected chi connectivity index (χ0v) is 9.67. The third kappa shape index (κ3) is 11.3. The lowest BCUT2D eigenvalue weighted by atomic mass is 10.4. The van der Waals surface area contributed by atoms with Crippen molar-refractivity contribution in [3.63, 3.8) is 0 Å². The van der Waals surface area contributed by atoms with Gasteiger partial charge in [0.1, 0.15) is 0 Å². The minimum atomic E-state index is 0.0359. The van der Waals surface area contributed by atoms with E-state index < -0.39 is 0 Å². The van der Waals surface area contributed by atoms with Gasteiger partial charge in [-0.1, -0.05) is 6.92 Å². The van der Waals surface area contributed by atoms with Crippen LogP contribution in [0.4, 0.5) is 0 Å². The van der Waals surface area contributed by atoms with E-state index in [0.717, 1.165) is 13.0 Å². The van der Waals surface area contributed by atoms with E-state index in [2.05, 4.69) is 10.6 Å². The molecule has 0 heterocycles. The number of hydrogen-bond acceptors (Lipinski definition) is 4. The fraction of sp³-hybridized carbons (Fsp3) is 0.900. The van der Waals surface area contributed by atoms with Crippen molar-refractivity contribution in [2.75, 3.05) is 46.6 Å². The number of carbonyl (C=O) groups is 1. The van der Waals surface area contributed by atoms with Gasteiger partial charge in [-0.2, -0.15) is 0 Å². The first-order chi connectivity index (χ1) is 7.31. The number of nitrogens with one attached hydrogen (secondary N) is 2. The number of methoxy groups -OCH3 is 1. The van der Waals surface area contributed by atoms with Gasteiger partial charge < -0.3 is 20.1 Å². The summed E-state index contributed by atoms with van der Waals surface area (Å²) in [6.07, 6.45) is 0.964. The zero-order chi connectivity index (χ0) is 11.4. The zero-order valence-electron chi connectivity index (χ0n) is 9.67. The summed E-state index contributed by atoms with van der Waals surface area (Å²) in [4.78, 5) is 11.1. The van der Waals surface area contributed by atoms with Crippen molar-refractivity contribution < 1.29 is 14.3 Å². The predicted molar refractivity (Wildman–Crippen MR) is 58.9 cm³/mol. The topological polar surface area (TPSA) is 59.6 Å². The lowest BCUT2D eigenvalue weighted by Crippen LogP contribution is -2.35. The molecule has 0 aromatic rings. The van der Waals surface area contributed by atoms with Gasteiger partial charge in [-0.3, -0.25) is 4.79 Å². The molecule has 0 saturated heterocycles. The number of carbonyl (C=O) groups excluding carboxylic acids is 1. The Morgan fingerprint density at radius 1 is 1.20 bits per heavy atom. The number of ether oxygens (including phenoxy) is 2. The summed E-state index contributed by atoms with van der Waals surface area (Å²) in [5.41, 5.74) is 0. The third-order valence-electron chi connectivity index (χ3n) is 1.71. The van der Waals surface area contributed by atoms with Gasteiger partial charge in [0.2, 0.25) is 5.91 Å². The molecule has 0 unspecified atom stereocenters. The second-order valence-electron chi connectivity index (χ2n) is 3.13. The Bertz CT molecular complexity index is 154. The van der Waals surface area contributed by atoms with Crippen LogP contribution in [0.15, 0.2) is 0 Å². The summed E-state index contributed by atoms with van der Waals surface area (Å²) in [6.45, 7) is 5.61. The fourth-order valence-corrected chi connectivity index (χ4v) is 0.917. The molecule has 0 aromatic carbocycles. The van der Waals surface area contributed by atoms with Gasteiger partial charge in [-0.05, 0) is 6.42 Å². The summed E-state index contributed by atoms with van der Waals surface area (Å²) >= 11 is 0. The van der Waals surface area contributed by atoms with E-state index in [0.29, 0.717) is 32.9 Å². The molecular formula is C10H22N2O3. The molecule has 0 atom stereocenters. The molecule has 0 aliphatic rings. The van der Waals surface area contributed by atoms with Crippen LogP contribution in [0, 0.1) is 0 Å². The van der Waals surface area contributed by atoms with Crippen molar-refractivity contribution >= 4 is 5.91 Å². The Balaban J connectivity index is 3.06. The van der Waals surface area contributed by atoms with E-state index in [4.69, 9.17) is 9.47 Å². The lowest BCUT2D eigenvalue weighted by Gasteiger charge is -2.06. The van der Waals surface area contributed by atoms with Gasteiger partial charge in [0.05, 0.1) is 26.4 Å². The second kappa shape index (κ2) is 11.4. The molecule has 1 amide bonds. The quantitative estimate of drug-likeness (QED) is 0.497. The minimum absolute atomic E-state index is 0.0359. The largest absolute Gasteiger partial charge is 0.382 e. The molecule has 0 spiro atoms. The van der Waals surface area contributed by atoms with Crippen LogP contribution >= 0.6 is 0 Å². The summed E-state index contributed by atoms with van der Waals surface area (Å²) in [6, 6.07) is 0. The molecule has 5 heteroatoms. The Morgan fingerprint density at radius 2 is 2.00 bits per heavy atom. The van der Waals surface area contributed by atoms with Gasteiger partial charge in [-0.15, -0.1) is 0 Å². The maximum atomic E-state index is 11.1. The first kappa shape index (κ1) is 14.3. The molecule has 0 aliphatic heterocycles. The van der Waals surface area contributed by atoms with Crippen LogP contribution in [0.25, 0.3) is 0 Å². The average molecular weight is 218 g/mol. The summed E-state index contributed by atoms with van der Waals surface area (Å²) in [5.74, 6) is 0.0359. The van der Waals surface area contributed by atoms with Crippen molar-refractivity contribution in [1.29, 1.82) is 0 Å². The van der Waals surface area contributed by atoms with Crippen LogP contribution in [0.1, 0.15) is 13.3 Å². The van der Waals surface area contributed by atoms with E-state index in [1.54, 1.807) is 7.11 Å². The average Bonchev–Trinajstić information content (AvgIpc) is 2.25. The van der Waals surface area contributed by atoms with Crippen molar-refractivity contribution in [2.45, 2.75) is 13.3 Å². The molecule has 0 radical (unpaired) electrons. The Hall–Kier alpha value is -0.650. The third-order valence-corrected chi connectivity index (χ3v) is 1.71. The highest BCUT2D eigenvalue weighted by atomic mass is 16.5. The van der Waals surface area contributed by atoms with Crippen LogP contribution in [-0.2, 0) is 14.3 Å². The molecule has 0 aromatic heterocycles. The number of hydrogen-bond donors (Lipinski definition) is 2. The van der Waals surface area contributed by atoms with Crippen molar-refractivity contribution in [1.82, 2.24) is 10.6 Å². The molecule has 0 saturated carbocycles. The van der Waals surface area contributed by atoms with Crippen molar-refractivity contribution in [2.24, 2.45) is 0 Å². The van der Waals surface area contributed by atoms with Crippen LogP contribution < -0.4 is 10.6 Å². The first-order valence-electron chi connectivity index (χ1n) is 5.35. The van der Waals surface area contributed by atoms with Crippen LogP contribution in [0.3, 0.4) is 0 Å². The summed E-state index contributed by atoms with van der Waals surface area (Å²) in [5, 5.41) is 5.77. The van der Waals surface area contributed by atoms with Crippen LogP contribution in [0.5, 0.6) is 0 Å². The monoisotopic (exact) mass is 218 g/mol. The maximum absolute atomic E-state index is 11.1. The van der Waals surface area contributed by atoms with Crippen molar-refractivity contribution in [3.05, 3.63) is 0 Å². The molecule has 90 valence electrons. The fourth-order valence-electron chi connectivity index (χ4n) is 0.917.